The van der Waals surface area contributed by atoms with E-state index in [9.17, 15) is 0 Å². The third-order valence-corrected chi connectivity index (χ3v) is 5.21. The normalized spacial score (nSPS) is 16.4. The zero-order chi connectivity index (χ0) is 17.4. The summed E-state index contributed by atoms with van der Waals surface area (Å²) in [6.07, 6.45) is 0.165. The van der Waals surface area contributed by atoms with Gasteiger partial charge in [-0.2, -0.15) is 0 Å². The van der Waals surface area contributed by atoms with Gasteiger partial charge in [-0.05, 0) is 37.6 Å². The average Bonchev–Trinajstić information content (AvgIpc) is 2.94. The van der Waals surface area contributed by atoms with Crippen molar-refractivity contribution in [3.8, 4) is 17.0 Å². The van der Waals surface area contributed by atoms with Gasteiger partial charge < -0.3 is 15.4 Å². The lowest BCUT2D eigenvalue weighted by molar-refractivity contribution is 0.212. The van der Waals surface area contributed by atoms with Crippen molar-refractivity contribution in [1.82, 2.24) is 4.98 Å². The van der Waals surface area contributed by atoms with Crippen LogP contribution in [0.3, 0.4) is 0 Å². The number of ether oxygens (including phenoxy) is 1. The molecule has 0 radical (unpaired) electrons. The monoisotopic (exact) mass is 351 g/mol. The average molecular weight is 351 g/mol. The number of anilines is 2. The van der Waals surface area contributed by atoms with E-state index in [0.717, 1.165) is 40.7 Å². The zero-order valence-electron chi connectivity index (χ0n) is 14.4. The van der Waals surface area contributed by atoms with Crippen molar-refractivity contribution in [2.45, 2.75) is 26.5 Å². The fourth-order valence-corrected chi connectivity index (χ4v) is 4.02. The van der Waals surface area contributed by atoms with Gasteiger partial charge in [-0.3, -0.25) is 0 Å². The first-order chi connectivity index (χ1) is 12.1. The molecule has 4 nitrogen and oxygen atoms in total. The Morgan fingerprint density at radius 2 is 2.04 bits per heavy atom. The Labute approximate surface area is 151 Å². The molecule has 4 rings (SSSR count). The molecular formula is C20H21N3OS. The van der Waals surface area contributed by atoms with E-state index >= 15 is 0 Å². The van der Waals surface area contributed by atoms with Crippen LogP contribution in [0.25, 0.3) is 11.3 Å². The number of hydrogen-bond donors (Lipinski definition) is 1. The van der Waals surface area contributed by atoms with Gasteiger partial charge in [0.25, 0.3) is 0 Å². The van der Waals surface area contributed by atoms with Gasteiger partial charge in [0.1, 0.15) is 11.9 Å². The maximum atomic E-state index is 6.04. The molecule has 5 heteroatoms. The molecule has 0 aliphatic carbocycles. The number of aromatic nitrogens is 1. The van der Waals surface area contributed by atoms with Gasteiger partial charge in [0.15, 0.2) is 5.13 Å². The van der Waals surface area contributed by atoms with E-state index < -0.39 is 0 Å². The molecule has 0 spiro atoms. The molecule has 0 fully saturated rings. The van der Waals surface area contributed by atoms with Crippen LogP contribution in [0.5, 0.6) is 5.75 Å². The van der Waals surface area contributed by atoms with Crippen molar-refractivity contribution in [3.63, 3.8) is 0 Å². The quantitative estimate of drug-likeness (QED) is 0.755. The molecule has 0 saturated heterocycles. The van der Waals surface area contributed by atoms with Crippen LogP contribution in [0.2, 0.25) is 0 Å². The second-order valence-corrected chi connectivity index (χ2v) is 7.67. The zero-order valence-corrected chi connectivity index (χ0v) is 15.2. The summed E-state index contributed by atoms with van der Waals surface area (Å²) < 4.78 is 6.04. The molecule has 2 N–H and O–H groups in total. The maximum absolute atomic E-state index is 6.04. The van der Waals surface area contributed by atoms with E-state index in [-0.39, 0.29) is 6.10 Å². The summed E-state index contributed by atoms with van der Waals surface area (Å²) in [5.41, 5.74) is 10.3. The van der Waals surface area contributed by atoms with Crippen LogP contribution in [-0.4, -0.2) is 17.6 Å². The molecule has 0 saturated carbocycles. The number of rotatable bonds is 3. The van der Waals surface area contributed by atoms with Gasteiger partial charge in [-0.15, -0.1) is 11.3 Å². The number of benzene rings is 2. The van der Waals surface area contributed by atoms with Crippen molar-refractivity contribution < 1.29 is 4.74 Å². The number of hydrogen-bond acceptors (Lipinski definition) is 5. The Morgan fingerprint density at radius 3 is 2.76 bits per heavy atom. The van der Waals surface area contributed by atoms with Crippen LogP contribution in [0, 0.1) is 6.92 Å². The second-order valence-electron chi connectivity index (χ2n) is 6.43. The lowest BCUT2D eigenvalue weighted by atomic mass is 10.1. The summed E-state index contributed by atoms with van der Waals surface area (Å²) in [7, 11) is 0. The topological polar surface area (TPSA) is 51.4 Å². The molecule has 3 aromatic rings. The van der Waals surface area contributed by atoms with E-state index in [2.05, 4.69) is 60.1 Å². The van der Waals surface area contributed by atoms with Gasteiger partial charge in [-0.1, -0.05) is 30.3 Å². The molecular weight excluding hydrogens is 330 g/mol. The highest BCUT2D eigenvalue weighted by molar-refractivity contribution is 7.15. The van der Waals surface area contributed by atoms with Crippen molar-refractivity contribution in [3.05, 3.63) is 59.0 Å². The molecule has 1 aliphatic heterocycles. The van der Waals surface area contributed by atoms with Gasteiger partial charge >= 0.3 is 0 Å². The van der Waals surface area contributed by atoms with Gasteiger partial charge in [0.2, 0.25) is 0 Å². The van der Waals surface area contributed by atoms with E-state index in [1.165, 1.54) is 16.9 Å². The Morgan fingerprint density at radius 1 is 1.24 bits per heavy atom. The van der Waals surface area contributed by atoms with Crippen molar-refractivity contribution in [1.29, 1.82) is 0 Å². The molecule has 25 heavy (non-hydrogen) atoms. The predicted octanol–water partition coefficient (Wildman–Crippen LogP) is 4.49. The number of nitrogen functional groups attached to an aromatic ring is 1. The highest BCUT2D eigenvalue weighted by atomic mass is 32.1. The Kier molecular flexibility index (Phi) is 4.09. The Hall–Kier alpha value is -2.53. The number of nitrogens with two attached hydrogens (primary N) is 1. The molecule has 0 bridgehead atoms. The van der Waals surface area contributed by atoms with E-state index in [0.29, 0.717) is 5.13 Å². The van der Waals surface area contributed by atoms with Crippen LogP contribution < -0.4 is 15.4 Å². The lowest BCUT2D eigenvalue weighted by Gasteiger charge is -2.35. The summed E-state index contributed by atoms with van der Waals surface area (Å²) >= 11 is 1.53. The second kappa shape index (κ2) is 6.41. The SMILES string of the molecule is Cc1sc(N)nc1-c1ccc2c(c1)N(Cc1ccccc1)CC(C)O2. The molecule has 1 aliphatic rings. The minimum Gasteiger partial charge on any atom is -0.487 e. The minimum absolute atomic E-state index is 0.165. The fraction of sp³-hybridized carbons (Fsp3) is 0.250. The number of nitrogens with zero attached hydrogens (tertiary/aromatic N) is 2. The van der Waals surface area contributed by atoms with Gasteiger partial charge in [0, 0.05) is 17.0 Å². The largest absolute Gasteiger partial charge is 0.487 e. The van der Waals surface area contributed by atoms with Crippen LogP contribution in [-0.2, 0) is 6.54 Å². The Balaban J connectivity index is 1.73. The number of aryl methyl sites for hydroxylation is 1. The molecule has 0 amide bonds. The summed E-state index contributed by atoms with van der Waals surface area (Å²) in [4.78, 5) is 8.01. The van der Waals surface area contributed by atoms with Gasteiger partial charge in [-0.25, -0.2) is 4.98 Å². The van der Waals surface area contributed by atoms with Crippen molar-refractivity contribution in [2.75, 3.05) is 17.2 Å². The van der Waals surface area contributed by atoms with Crippen LogP contribution in [0.15, 0.2) is 48.5 Å². The summed E-state index contributed by atoms with van der Waals surface area (Å²) in [6, 6.07) is 16.8. The standard InChI is InChI=1S/C20H21N3OS/c1-13-11-23(12-15-6-4-3-5-7-15)17-10-16(8-9-18(17)24-13)19-14(2)25-20(21)22-19/h3-10,13H,11-12H2,1-2H3,(H2,21,22). The lowest BCUT2D eigenvalue weighted by Crippen LogP contribution is -2.37. The van der Waals surface area contributed by atoms with Crippen molar-refractivity contribution in [2.24, 2.45) is 0 Å². The molecule has 1 atom stereocenters. The number of thiazole rings is 1. The summed E-state index contributed by atoms with van der Waals surface area (Å²) in [5.74, 6) is 0.930. The third kappa shape index (κ3) is 3.20. The highest BCUT2D eigenvalue weighted by Crippen LogP contribution is 2.39. The summed E-state index contributed by atoms with van der Waals surface area (Å²) in [5, 5.41) is 0.608. The molecule has 2 heterocycles. The predicted molar refractivity (Wildman–Crippen MR) is 104 cm³/mol. The van der Waals surface area contributed by atoms with E-state index in [1.54, 1.807) is 0 Å². The smallest absolute Gasteiger partial charge is 0.180 e. The first-order valence-electron chi connectivity index (χ1n) is 8.43. The van der Waals surface area contributed by atoms with E-state index in [4.69, 9.17) is 10.5 Å². The Bertz CT molecular complexity index is 891. The summed E-state index contributed by atoms with van der Waals surface area (Å²) in [6.45, 7) is 5.90. The molecule has 1 unspecified atom stereocenters. The number of fused-ring (bicyclic) bond motifs is 1. The maximum Gasteiger partial charge on any atom is 0.180 e. The minimum atomic E-state index is 0.165. The highest BCUT2D eigenvalue weighted by Gasteiger charge is 2.24. The fourth-order valence-electron chi connectivity index (χ4n) is 3.31. The van der Waals surface area contributed by atoms with Crippen LogP contribution >= 0.6 is 11.3 Å². The molecule has 1 aromatic heterocycles. The first-order valence-corrected chi connectivity index (χ1v) is 9.24. The van der Waals surface area contributed by atoms with Crippen molar-refractivity contribution >= 4 is 22.2 Å². The van der Waals surface area contributed by atoms with Crippen LogP contribution in [0.1, 0.15) is 17.4 Å². The van der Waals surface area contributed by atoms with Crippen LogP contribution in [0.4, 0.5) is 10.8 Å². The molecule has 128 valence electrons. The van der Waals surface area contributed by atoms with E-state index in [1.807, 2.05) is 12.1 Å². The molecule has 2 aromatic carbocycles. The third-order valence-electron chi connectivity index (χ3n) is 4.41. The first kappa shape index (κ1) is 16.0. The van der Waals surface area contributed by atoms with Gasteiger partial charge in [0.05, 0.1) is 17.9 Å².